The summed E-state index contributed by atoms with van der Waals surface area (Å²) in [5, 5.41) is 4.49. The summed E-state index contributed by atoms with van der Waals surface area (Å²) in [5.41, 5.74) is 11.1. The summed E-state index contributed by atoms with van der Waals surface area (Å²) in [6.45, 7) is 4.63. The third kappa shape index (κ3) is 2.50. The van der Waals surface area contributed by atoms with Crippen LogP contribution in [0.1, 0.15) is 17.0 Å². The predicted octanol–water partition coefficient (Wildman–Crippen LogP) is 1.98. The monoisotopic (exact) mass is 297 g/mol. The normalized spacial score (nSPS) is 11.0. The fourth-order valence-corrected chi connectivity index (χ4v) is 2.51. The van der Waals surface area contributed by atoms with Gasteiger partial charge in [-0.15, -0.1) is 5.10 Å². The smallest absolute Gasteiger partial charge is 0.257 e. The van der Waals surface area contributed by atoms with E-state index >= 15 is 0 Å². The van der Waals surface area contributed by atoms with Crippen molar-refractivity contribution in [1.82, 2.24) is 9.61 Å². The molecule has 0 aromatic carbocycles. The van der Waals surface area contributed by atoms with E-state index in [0.717, 1.165) is 17.6 Å². The number of anilines is 1. The van der Waals surface area contributed by atoms with Crippen LogP contribution in [0.2, 0.25) is 0 Å². The average Bonchev–Trinajstić information content (AvgIpc) is 2.83. The van der Waals surface area contributed by atoms with Crippen molar-refractivity contribution in [2.24, 2.45) is 7.05 Å². The molecule has 114 valence electrons. The number of aryl methyl sites for hydroxylation is 3. The van der Waals surface area contributed by atoms with Gasteiger partial charge in [-0.2, -0.15) is 0 Å². The van der Waals surface area contributed by atoms with Crippen LogP contribution in [0.4, 0.5) is 5.69 Å². The summed E-state index contributed by atoms with van der Waals surface area (Å²) in [4.78, 5) is 0. The van der Waals surface area contributed by atoms with Crippen LogP contribution in [0.3, 0.4) is 0 Å². The third-order valence-electron chi connectivity index (χ3n) is 4.06. The molecule has 0 spiro atoms. The molecule has 0 atom stereocenters. The van der Waals surface area contributed by atoms with E-state index in [0.29, 0.717) is 18.2 Å². The summed E-state index contributed by atoms with van der Waals surface area (Å²) < 4.78 is 9.74. The lowest BCUT2D eigenvalue weighted by molar-refractivity contribution is -0.679. The second-order valence-electron chi connectivity index (χ2n) is 5.52. The van der Waals surface area contributed by atoms with Crippen molar-refractivity contribution < 1.29 is 9.30 Å². The van der Waals surface area contributed by atoms with Crippen LogP contribution >= 0.6 is 0 Å². The molecule has 0 aliphatic heterocycles. The second kappa shape index (κ2) is 5.67. The lowest BCUT2D eigenvalue weighted by Gasteiger charge is -2.02. The highest BCUT2D eigenvalue weighted by molar-refractivity contribution is 5.75. The Morgan fingerprint density at radius 2 is 2.05 bits per heavy atom. The standard InChI is InChI=1S/C17H21N4O/c1-12-7-8-15-16(18)17(19-21(15)13(12)2)22-11-9-14-6-4-5-10-20(14)3/h4-8,10H,9,11,18H2,1-3H3/q+1. The van der Waals surface area contributed by atoms with E-state index in [2.05, 4.69) is 28.7 Å². The van der Waals surface area contributed by atoms with E-state index in [9.17, 15) is 0 Å². The van der Waals surface area contributed by atoms with Crippen molar-refractivity contribution in [2.75, 3.05) is 12.3 Å². The molecule has 0 unspecified atom stereocenters. The van der Waals surface area contributed by atoms with Crippen LogP contribution in [0.15, 0.2) is 36.5 Å². The van der Waals surface area contributed by atoms with Crippen molar-refractivity contribution in [2.45, 2.75) is 20.3 Å². The molecule has 0 amide bonds. The van der Waals surface area contributed by atoms with Gasteiger partial charge in [-0.1, -0.05) is 12.1 Å². The van der Waals surface area contributed by atoms with Crippen molar-refractivity contribution in [3.05, 3.63) is 53.5 Å². The zero-order valence-electron chi connectivity index (χ0n) is 13.2. The van der Waals surface area contributed by atoms with Gasteiger partial charge in [-0.05, 0) is 25.5 Å². The van der Waals surface area contributed by atoms with Crippen LogP contribution in [0.25, 0.3) is 5.52 Å². The summed E-state index contributed by atoms with van der Waals surface area (Å²) >= 11 is 0. The maximum atomic E-state index is 6.15. The lowest BCUT2D eigenvalue weighted by atomic mass is 10.2. The van der Waals surface area contributed by atoms with Gasteiger partial charge in [0.25, 0.3) is 5.88 Å². The molecule has 0 saturated heterocycles. The molecule has 3 rings (SSSR count). The maximum absolute atomic E-state index is 6.15. The zero-order valence-corrected chi connectivity index (χ0v) is 13.2. The van der Waals surface area contributed by atoms with Crippen molar-refractivity contribution >= 4 is 11.2 Å². The summed E-state index contributed by atoms with van der Waals surface area (Å²) in [5.74, 6) is 0.507. The predicted molar refractivity (Wildman–Crippen MR) is 85.9 cm³/mol. The van der Waals surface area contributed by atoms with Gasteiger partial charge in [0, 0.05) is 17.8 Å². The van der Waals surface area contributed by atoms with Crippen molar-refractivity contribution in [3.8, 4) is 5.88 Å². The van der Waals surface area contributed by atoms with Gasteiger partial charge < -0.3 is 10.5 Å². The molecule has 0 aliphatic rings. The van der Waals surface area contributed by atoms with E-state index in [-0.39, 0.29) is 0 Å². The van der Waals surface area contributed by atoms with Crippen LogP contribution in [0, 0.1) is 13.8 Å². The SMILES string of the molecule is Cc1ccc2c(N)c(OCCc3cccc[n+]3C)nn2c1C. The number of fused-ring (bicyclic) bond motifs is 1. The zero-order chi connectivity index (χ0) is 15.7. The van der Waals surface area contributed by atoms with Gasteiger partial charge in [-0.3, -0.25) is 0 Å². The lowest BCUT2D eigenvalue weighted by Crippen LogP contribution is -2.33. The number of aromatic nitrogens is 3. The molecule has 0 fully saturated rings. The minimum atomic E-state index is 0.507. The molecule has 2 N–H and O–H groups in total. The Labute approximate surface area is 130 Å². The summed E-state index contributed by atoms with van der Waals surface area (Å²) in [7, 11) is 2.03. The number of hydrogen-bond donors (Lipinski definition) is 1. The second-order valence-corrected chi connectivity index (χ2v) is 5.52. The topological polar surface area (TPSA) is 56.4 Å². The highest BCUT2D eigenvalue weighted by Gasteiger charge is 2.14. The first kappa shape index (κ1) is 14.4. The first-order valence-electron chi connectivity index (χ1n) is 7.38. The van der Waals surface area contributed by atoms with Gasteiger partial charge in [0.1, 0.15) is 12.7 Å². The Bertz CT molecular complexity index is 823. The van der Waals surface area contributed by atoms with Gasteiger partial charge in [0.15, 0.2) is 11.9 Å². The molecular weight excluding hydrogens is 276 g/mol. The number of nitrogens with zero attached hydrogens (tertiary/aromatic N) is 3. The number of ether oxygens (including phenoxy) is 1. The molecule has 22 heavy (non-hydrogen) atoms. The van der Waals surface area contributed by atoms with E-state index in [1.807, 2.05) is 42.9 Å². The fraction of sp³-hybridized carbons (Fsp3) is 0.294. The molecule has 3 aromatic heterocycles. The third-order valence-corrected chi connectivity index (χ3v) is 4.06. The molecule has 0 radical (unpaired) electrons. The largest absolute Gasteiger partial charge is 0.475 e. The minimum absolute atomic E-state index is 0.507. The first-order chi connectivity index (χ1) is 10.6. The molecular formula is C17H21N4O+. The number of rotatable bonds is 4. The minimum Gasteiger partial charge on any atom is -0.475 e. The Kier molecular flexibility index (Phi) is 3.71. The van der Waals surface area contributed by atoms with Gasteiger partial charge in [0.2, 0.25) is 0 Å². The first-order valence-corrected chi connectivity index (χ1v) is 7.38. The van der Waals surface area contributed by atoms with Crippen LogP contribution in [-0.2, 0) is 13.5 Å². The molecule has 0 bridgehead atoms. The Morgan fingerprint density at radius 1 is 1.23 bits per heavy atom. The van der Waals surface area contributed by atoms with Crippen LogP contribution < -0.4 is 15.0 Å². The van der Waals surface area contributed by atoms with Crippen LogP contribution in [-0.4, -0.2) is 16.2 Å². The number of pyridine rings is 2. The summed E-state index contributed by atoms with van der Waals surface area (Å²) in [6.07, 6.45) is 2.84. The highest BCUT2D eigenvalue weighted by Crippen LogP contribution is 2.27. The number of hydrogen-bond acceptors (Lipinski definition) is 3. The van der Waals surface area contributed by atoms with E-state index in [1.165, 1.54) is 11.3 Å². The molecule has 5 heteroatoms. The van der Waals surface area contributed by atoms with Gasteiger partial charge >= 0.3 is 0 Å². The maximum Gasteiger partial charge on any atom is 0.257 e. The molecule has 0 saturated carbocycles. The van der Waals surface area contributed by atoms with Crippen molar-refractivity contribution in [3.63, 3.8) is 0 Å². The van der Waals surface area contributed by atoms with Gasteiger partial charge in [0.05, 0.1) is 18.5 Å². The number of nitrogen functional groups attached to an aromatic ring is 1. The van der Waals surface area contributed by atoms with E-state index in [4.69, 9.17) is 10.5 Å². The number of nitrogens with two attached hydrogens (primary N) is 1. The average molecular weight is 297 g/mol. The quantitative estimate of drug-likeness (QED) is 0.749. The molecule has 3 aromatic rings. The molecule has 0 aliphatic carbocycles. The van der Waals surface area contributed by atoms with E-state index in [1.54, 1.807) is 0 Å². The van der Waals surface area contributed by atoms with Crippen LogP contribution in [0.5, 0.6) is 5.88 Å². The van der Waals surface area contributed by atoms with Gasteiger partial charge in [-0.25, -0.2) is 9.08 Å². The summed E-state index contributed by atoms with van der Waals surface area (Å²) in [6, 6.07) is 10.2. The Hall–Kier alpha value is -2.56. The Morgan fingerprint density at radius 3 is 2.82 bits per heavy atom. The highest BCUT2D eigenvalue weighted by atomic mass is 16.5. The molecule has 3 heterocycles. The van der Waals surface area contributed by atoms with E-state index < -0.39 is 0 Å². The van der Waals surface area contributed by atoms with Crippen molar-refractivity contribution in [1.29, 1.82) is 0 Å². The molecule has 5 nitrogen and oxygen atoms in total. The fourth-order valence-electron chi connectivity index (χ4n) is 2.51. The Balaban J connectivity index is 1.79.